The highest BCUT2D eigenvalue weighted by molar-refractivity contribution is 8.00. The monoisotopic (exact) mass is 284 g/mol. The molecule has 1 unspecified atom stereocenters. The molecule has 110 valence electrons. The molecule has 4 heteroatoms. The van der Waals surface area contributed by atoms with Gasteiger partial charge in [0.2, 0.25) is 5.91 Å². The molecule has 0 aromatic rings. The van der Waals surface area contributed by atoms with Crippen molar-refractivity contribution in [2.24, 2.45) is 11.8 Å². The molecule has 2 rings (SSSR count). The van der Waals surface area contributed by atoms with E-state index in [4.69, 9.17) is 0 Å². The molecule has 1 N–H and O–H groups in total. The standard InChI is InChI=1S/C15H28N2OS/c1-12(13-4-6-16-7-5-13)10-14(18)17-8-9-19-15(2,3)11-17/h12-13,16H,4-11H2,1-3H3. The van der Waals surface area contributed by atoms with Gasteiger partial charge in [-0.1, -0.05) is 6.92 Å². The number of piperidine rings is 1. The van der Waals surface area contributed by atoms with Crippen LogP contribution in [0.5, 0.6) is 0 Å². The van der Waals surface area contributed by atoms with Crippen LogP contribution in [0, 0.1) is 11.8 Å². The van der Waals surface area contributed by atoms with E-state index in [9.17, 15) is 4.79 Å². The van der Waals surface area contributed by atoms with Crippen LogP contribution in [0.2, 0.25) is 0 Å². The fourth-order valence-electron chi connectivity index (χ4n) is 3.21. The third kappa shape index (κ3) is 4.38. The van der Waals surface area contributed by atoms with E-state index < -0.39 is 0 Å². The summed E-state index contributed by atoms with van der Waals surface area (Å²) < 4.78 is 0.228. The average Bonchev–Trinajstić information content (AvgIpc) is 2.38. The molecule has 0 aromatic carbocycles. The van der Waals surface area contributed by atoms with Gasteiger partial charge in [0.1, 0.15) is 0 Å². The number of thioether (sulfide) groups is 1. The number of amides is 1. The minimum atomic E-state index is 0.228. The molecule has 1 amide bonds. The van der Waals surface area contributed by atoms with Gasteiger partial charge < -0.3 is 10.2 Å². The zero-order chi connectivity index (χ0) is 13.9. The Kier molecular flexibility index (Phi) is 5.18. The number of hydrogen-bond donors (Lipinski definition) is 1. The van der Waals surface area contributed by atoms with Gasteiger partial charge in [0.05, 0.1) is 0 Å². The number of carbonyl (C=O) groups excluding carboxylic acids is 1. The van der Waals surface area contributed by atoms with Gasteiger partial charge in [0, 0.05) is 30.0 Å². The first-order valence-electron chi connectivity index (χ1n) is 7.60. The lowest BCUT2D eigenvalue weighted by Gasteiger charge is -2.38. The largest absolute Gasteiger partial charge is 0.340 e. The van der Waals surface area contributed by atoms with Crippen molar-refractivity contribution < 1.29 is 4.79 Å². The Balaban J connectivity index is 1.82. The third-order valence-corrected chi connectivity index (χ3v) is 5.76. The van der Waals surface area contributed by atoms with Gasteiger partial charge in [0.15, 0.2) is 0 Å². The predicted molar refractivity (Wildman–Crippen MR) is 82.5 cm³/mol. The van der Waals surface area contributed by atoms with Crippen molar-refractivity contribution in [1.29, 1.82) is 0 Å². The molecule has 0 aliphatic carbocycles. The van der Waals surface area contributed by atoms with E-state index in [1.165, 1.54) is 12.8 Å². The fraction of sp³-hybridized carbons (Fsp3) is 0.933. The SMILES string of the molecule is CC(CC(=O)N1CCSC(C)(C)C1)C1CCNCC1. The van der Waals surface area contributed by atoms with Gasteiger partial charge in [-0.15, -0.1) is 0 Å². The molecule has 0 radical (unpaired) electrons. The maximum absolute atomic E-state index is 12.4. The normalized spacial score (nSPS) is 26.2. The smallest absolute Gasteiger partial charge is 0.222 e. The average molecular weight is 284 g/mol. The second-order valence-corrected chi connectivity index (χ2v) is 8.49. The Morgan fingerprint density at radius 1 is 1.42 bits per heavy atom. The van der Waals surface area contributed by atoms with Gasteiger partial charge in [0.25, 0.3) is 0 Å². The van der Waals surface area contributed by atoms with Crippen LogP contribution in [0.1, 0.15) is 40.0 Å². The Bertz CT molecular complexity index is 313. The first-order valence-corrected chi connectivity index (χ1v) is 8.59. The lowest BCUT2D eigenvalue weighted by Crippen LogP contribution is -2.46. The number of nitrogens with one attached hydrogen (secondary N) is 1. The number of nitrogens with zero attached hydrogens (tertiary/aromatic N) is 1. The van der Waals surface area contributed by atoms with Crippen molar-refractivity contribution >= 4 is 17.7 Å². The molecule has 3 nitrogen and oxygen atoms in total. The summed E-state index contributed by atoms with van der Waals surface area (Å²) in [5.41, 5.74) is 0. The van der Waals surface area contributed by atoms with E-state index in [0.717, 1.165) is 44.3 Å². The van der Waals surface area contributed by atoms with Crippen LogP contribution in [0.4, 0.5) is 0 Å². The van der Waals surface area contributed by atoms with Gasteiger partial charge in [-0.3, -0.25) is 4.79 Å². The Hall–Kier alpha value is -0.220. The minimum Gasteiger partial charge on any atom is -0.340 e. The van der Waals surface area contributed by atoms with Crippen molar-refractivity contribution in [2.45, 2.75) is 44.8 Å². The van der Waals surface area contributed by atoms with E-state index in [1.807, 2.05) is 11.8 Å². The van der Waals surface area contributed by atoms with Gasteiger partial charge in [-0.2, -0.15) is 11.8 Å². The number of rotatable bonds is 3. The molecule has 0 bridgehead atoms. The third-order valence-electron chi connectivity index (χ3n) is 4.46. The zero-order valence-electron chi connectivity index (χ0n) is 12.6. The van der Waals surface area contributed by atoms with Crippen molar-refractivity contribution in [3.63, 3.8) is 0 Å². The van der Waals surface area contributed by atoms with Gasteiger partial charge in [-0.25, -0.2) is 0 Å². The summed E-state index contributed by atoms with van der Waals surface area (Å²) in [5.74, 6) is 2.73. The summed E-state index contributed by atoms with van der Waals surface area (Å²) in [6, 6.07) is 0. The molecule has 2 saturated heterocycles. The van der Waals surface area contributed by atoms with Gasteiger partial charge in [-0.05, 0) is 51.6 Å². The quantitative estimate of drug-likeness (QED) is 0.863. The first-order chi connectivity index (χ1) is 8.98. The Labute approximate surface area is 121 Å². The van der Waals surface area contributed by atoms with Crippen molar-refractivity contribution in [3.05, 3.63) is 0 Å². The van der Waals surface area contributed by atoms with Gasteiger partial charge >= 0.3 is 0 Å². The summed E-state index contributed by atoms with van der Waals surface area (Å²) in [7, 11) is 0. The zero-order valence-corrected chi connectivity index (χ0v) is 13.4. The highest BCUT2D eigenvalue weighted by Gasteiger charge is 2.31. The first kappa shape index (κ1) is 15.2. The maximum atomic E-state index is 12.4. The van der Waals surface area contributed by atoms with Crippen LogP contribution in [0.15, 0.2) is 0 Å². The molecule has 2 heterocycles. The summed E-state index contributed by atoms with van der Waals surface area (Å²) in [6.45, 7) is 10.8. The highest BCUT2D eigenvalue weighted by Crippen LogP contribution is 2.31. The fourth-order valence-corrected chi connectivity index (χ4v) is 4.33. The van der Waals surface area contributed by atoms with Crippen LogP contribution >= 0.6 is 11.8 Å². The number of hydrogen-bond acceptors (Lipinski definition) is 3. The second kappa shape index (κ2) is 6.49. The van der Waals surface area contributed by atoms with E-state index in [1.54, 1.807) is 0 Å². The molecule has 1 atom stereocenters. The molecule has 2 fully saturated rings. The van der Waals surface area contributed by atoms with Crippen LogP contribution in [-0.4, -0.2) is 47.5 Å². The molecule has 19 heavy (non-hydrogen) atoms. The Morgan fingerprint density at radius 3 is 2.74 bits per heavy atom. The van der Waals surface area contributed by atoms with Crippen molar-refractivity contribution in [2.75, 3.05) is 31.9 Å². The summed E-state index contributed by atoms with van der Waals surface area (Å²) in [4.78, 5) is 14.5. The van der Waals surface area contributed by atoms with Crippen LogP contribution in [0.3, 0.4) is 0 Å². The molecular formula is C15H28N2OS. The van der Waals surface area contributed by atoms with Crippen molar-refractivity contribution in [3.8, 4) is 0 Å². The predicted octanol–water partition coefficient (Wildman–Crippen LogP) is 2.37. The van der Waals surface area contributed by atoms with Crippen molar-refractivity contribution in [1.82, 2.24) is 10.2 Å². The second-order valence-electron chi connectivity index (χ2n) is 6.69. The highest BCUT2D eigenvalue weighted by atomic mass is 32.2. The van der Waals surface area contributed by atoms with Crippen LogP contribution in [-0.2, 0) is 4.79 Å². The summed E-state index contributed by atoms with van der Waals surface area (Å²) in [6.07, 6.45) is 3.21. The topological polar surface area (TPSA) is 32.3 Å². The maximum Gasteiger partial charge on any atom is 0.222 e. The summed E-state index contributed by atoms with van der Waals surface area (Å²) >= 11 is 1.99. The van der Waals surface area contributed by atoms with E-state index in [0.29, 0.717) is 11.8 Å². The lowest BCUT2D eigenvalue weighted by atomic mass is 9.84. The number of carbonyl (C=O) groups is 1. The molecule has 2 aliphatic heterocycles. The molecular weight excluding hydrogens is 256 g/mol. The molecule has 0 saturated carbocycles. The Morgan fingerprint density at radius 2 is 2.11 bits per heavy atom. The van der Waals surface area contributed by atoms with E-state index in [2.05, 4.69) is 31.0 Å². The molecule has 2 aliphatic rings. The summed E-state index contributed by atoms with van der Waals surface area (Å²) in [5, 5.41) is 3.40. The lowest BCUT2D eigenvalue weighted by molar-refractivity contribution is -0.132. The minimum absolute atomic E-state index is 0.228. The van der Waals surface area contributed by atoms with E-state index >= 15 is 0 Å². The van der Waals surface area contributed by atoms with Crippen LogP contribution in [0.25, 0.3) is 0 Å². The van der Waals surface area contributed by atoms with Crippen LogP contribution < -0.4 is 5.32 Å². The molecule has 0 aromatic heterocycles. The molecule has 0 spiro atoms. The van der Waals surface area contributed by atoms with E-state index in [-0.39, 0.29) is 4.75 Å².